The van der Waals surface area contributed by atoms with Gasteiger partial charge in [-0.2, -0.15) is 5.10 Å². The number of aromatic nitrogens is 5. The molecule has 1 atom stereocenters. The maximum absolute atomic E-state index is 12.9. The van der Waals surface area contributed by atoms with Crippen LogP contribution < -0.4 is 5.56 Å². The summed E-state index contributed by atoms with van der Waals surface area (Å²) in [7, 11) is 1.83. The molecule has 3 heterocycles. The van der Waals surface area contributed by atoms with Crippen LogP contribution in [-0.2, 0) is 19.9 Å². The van der Waals surface area contributed by atoms with Gasteiger partial charge in [0.1, 0.15) is 17.0 Å². The average molecular weight is 301 g/mol. The van der Waals surface area contributed by atoms with E-state index in [0.717, 1.165) is 35.3 Å². The fourth-order valence-corrected chi connectivity index (χ4v) is 4.30. The van der Waals surface area contributed by atoms with Crippen LogP contribution in [0, 0.1) is 0 Å². The Hall–Kier alpha value is -2.02. The van der Waals surface area contributed by atoms with E-state index in [1.165, 1.54) is 16.8 Å². The molecule has 0 radical (unpaired) electrons. The number of aryl methyl sites for hydroxylation is 3. The lowest BCUT2D eigenvalue weighted by Crippen LogP contribution is -2.26. The van der Waals surface area contributed by atoms with Gasteiger partial charge in [0.15, 0.2) is 0 Å². The van der Waals surface area contributed by atoms with Crippen molar-refractivity contribution >= 4 is 21.6 Å². The molecule has 4 rings (SSSR count). The number of hydrogen-bond donors (Lipinski definition) is 0. The Balaban J connectivity index is 1.92. The normalized spacial score (nSPS) is 15.5. The first-order valence-electron chi connectivity index (χ1n) is 7.02. The lowest BCUT2D eigenvalue weighted by atomic mass is 10.2. The summed E-state index contributed by atoms with van der Waals surface area (Å²) < 4.78 is 3.36. The molecule has 1 aliphatic carbocycles. The monoisotopic (exact) mass is 301 g/mol. The molecule has 21 heavy (non-hydrogen) atoms. The highest BCUT2D eigenvalue weighted by molar-refractivity contribution is 7.18. The van der Waals surface area contributed by atoms with E-state index in [4.69, 9.17) is 0 Å². The molecule has 6 nitrogen and oxygen atoms in total. The lowest BCUT2D eigenvalue weighted by Gasteiger charge is -2.13. The van der Waals surface area contributed by atoms with E-state index < -0.39 is 0 Å². The molecular weight excluding hydrogens is 286 g/mol. The van der Waals surface area contributed by atoms with Gasteiger partial charge in [0.2, 0.25) is 0 Å². The van der Waals surface area contributed by atoms with Gasteiger partial charge in [0, 0.05) is 11.9 Å². The van der Waals surface area contributed by atoms with Crippen LogP contribution in [0.5, 0.6) is 0 Å². The quantitative estimate of drug-likeness (QED) is 0.722. The van der Waals surface area contributed by atoms with Crippen molar-refractivity contribution in [2.24, 2.45) is 7.05 Å². The molecule has 108 valence electrons. The minimum absolute atomic E-state index is 0.0369. The minimum Gasteiger partial charge on any atom is -0.288 e. The molecule has 0 bridgehead atoms. The second-order valence-corrected chi connectivity index (χ2v) is 6.50. The van der Waals surface area contributed by atoms with E-state index >= 15 is 0 Å². The Kier molecular flexibility index (Phi) is 2.72. The van der Waals surface area contributed by atoms with Gasteiger partial charge >= 0.3 is 0 Å². The third kappa shape index (κ3) is 1.77. The van der Waals surface area contributed by atoms with Crippen molar-refractivity contribution in [3.8, 4) is 0 Å². The average Bonchev–Trinajstić information content (AvgIpc) is 3.13. The maximum atomic E-state index is 12.9. The van der Waals surface area contributed by atoms with Crippen molar-refractivity contribution < 1.29 is 0 Å². The molecule has 0 spiro atoms. The first-order valence-corrected chi connectivity index (χ1v) is 7.83. The topological polar surface area (TPSA) is 65.6 Å². The van der Waals surface area contributed by atoms with Gasteiger partial charge in [-0.3, -0.25) is 14.0 Å². The van der Waals surface area contributed by atoms with Gasteiger partial charge < -0.3 is 0 Å². The van der Waals surface area contributed by atoms with Crippen molar-refractivity contribution in [1.29, 1.82) is 0 Å². The minimum atomic E-state index is -0.182. The summed E-state index contributed by atoms with van der Waals surface area (Å²) in [6.07, 6.45) is 6.36. The SMILES string of the molecule is C[C@@H](c1ncnn1C)n1cnc2sc3c(c2c1=O)CCC3. The smallest absolute Gasteiger partial charge is 0.263 e. The van der Waals surface area contributed by atoms with Gasteiger partial charge in [-0.25, -0.2) is 9.97 Å². The van der Waals surface area contributed by atoms with Gasteiger partial charge in [0.05, 0.1) is 17.8 Å². The van der Waals surface area contributed by atoms with E-state index in [1.54, 1.807) is 26.9 Å². The largest absolute Gasteiger partial charge is 0.288 e. The molecule has 0 saturated heterocycles. The molecular formula is C14H15N5OS. The molecule has 0 amide bonds. The highest BCUT2D eigenvalue weighted by Gasteiger charge is 2.23. The number of hydrogen-bond acceptors (Lipinski definition) is 5. The van der Waals surface area contributed by atoms with Crippen molar-refractivity contribution in [1.82, 2.24) is 24.3 Å². The van der Waals surface area contributed by atoms with Crippen molar-refractivity contribution in [2.75, 3.05) is 0 Å². The van der Waals surface area contributed by atoms with Crippen molar-refractivity contribution in [3.63, 3.8) is 0 Å². The summed E-state index contributed by atoms with van der Waals surface area (Å²) in [5, 5.41) is 4.88. The first kappa shape index (κ1) is 12.7. The molecule has 0 fully saturated rings. The summed E-state index contributed by atoms with van der Waals surface area (Å²) in [4.78, 5) is 23.8. The summed E-state index contributed by atoms with van der Waals surface area (Å²) in [5.74, 6) is 0.755. The van der Waals surface area contributed by atoms with Crippen molar-refractivity contribution in [2.45, 2.75) is 32.2 Å². The second kappa shape index (κ2) is 4.49. The highest BCUT2D eigenvalue weighted by Crippen LogP contribution is 2.34. The number of fused-ring (bicyclic) bond motifs is 3. The van der Waals surface area contributed by atoms with Crippen LogP contribution in [0.15, 0.2) is 17.4 Å². The second-order valence-electron chi connectivity index (χ2n) is 5.41. The van der Waals surface area contributed by atoms with E-state index in [2.05, 4.69) is 15.1 Å². The van der Waals surface area contributed by atoms with Crippen LogP contribution in [-0.4, -0.2) is 24.3 Å². The van der Waals surface area contributed by atoms with Crippen LogP contribution in [0.4, 0.5) is 0 Å². The molecule has 0 saturated carbocycles. The fourth-order valence-electron chi connectivity index (χ4n) is 3.08. The third-order valence-electron chi connectivity index (χ3n) is 4.19. The zero-order valence-electron chi connectivity index (χ0n) is 11.9. The summed E-state index contributed by atoms with van der Waals surface area (Å²) in [6, 6.07) is -0.182. The van der Waals surface area contributed by atoms with Gasteiger partial charge in [-0.05, 0) is 31.7 Å². The van der Waals surface area contributed by atoms with E-state index in [9.17, 15) is 4.79 Å². The van der Waals surface area contributed by atoms with Crippen LogP contribution in [0.1, 0.15) is 35.7 Å². The standard InChI is InChI=1S/C14H15N5OS/c1-8(12-15-6-17-18(12)2)19-7-16-13-11(14(19)20)9-4-3-5-10(9)21-13/h6-8H,3-5H2,1-2H3/t8-/m0/s1. The van der Waals surface area contributed by atoms with Crippen LogP contribution in [0.2, 0.25) is 0 Å². The Morgan fingerprint density at radius 2 is 2.19 bits per heavy atom. The fraction of sp³-hybridized carbons (Fsp3) is 0.429. The van der Waals surface area contributed by atoms with Gasteiger partial charge in [-0.15, -0.1) is 11.3 Å². The molecule has 0 aliphatic heterocycles. The molecule has 3 aromatic rings. The Morgan fingerprint density at radius 3 is 2.95 bits per heavy atom. The first-order chi connectivity index (χ1) is 10.2. The van der Waals surface area contributed by atoms with Crippen LogP contribution in [0.25, 0.3) is 10.2 Å². The summed E-state index contributed by atoms with van der Waals surface area (Å²) in [6.45, 7) is 1.95. The van der Waals surface area contributed by atoms with E-state index in [0.29, 0.717) is 0 Å². The van der Waals surface area contributed by atoms with Crippen LogP contribution >= 0.6 is 11.3 Å². The lowest BCUT2D eigenvalue weighted by molar-refractivity contribution is 0.539. The van der Waals surface area contributed by atoms with E-state index in [1.807, 2.05) is 14.0 Å². The molecule has 7 heteroatoms. The Bertz CT molecular complexity index is 891. The highest BCUT2D eigenvalue weighted by atomic mass is 32.1. The predicted molar refractivity (Wildman–Crippen MR) is 80.7 cm³/mol. The summed E-state index contributed by atoms with van der Waals surface area (Å²) >= 11 is 1.66. The number of thiophene rings is 1. The zero-order valence-corrected chi connectivity index (χ0v) is 12.7. The maximum Gasteiger partial charge on any atom is 0.263 e. The summed E-state index contributed by atoms with van der Waals surface area (Å²) in [5.41, 5.74) is 1.25. The van der Waals surface area contributed by atoms with E-state index in [-0.39, 0.29) is 11.6 Å². The molecule has 3 aromatic heterocycles. The van der Waals surface area contributed by atoms with Crippen LogP contribution in [0.3, 0.4) is 0 Å². The Morgan fingerprint density at radius 1 is 1.33 bits per heavy atom. The predicted octanol–water partition coefficient (Wildman–Crippen LogP) is 1.68. The molecule has 1 aliphatic rings. The van der Waals surface area contributed by atoms with Gasteiger partial charge in [-0.1, -0.05) is 0 Å². The third-order valence-corrected chi connectivity index (χ3v) is 5.39. The molecule has 0 N–H and O–H groups in total. The number of rotatable bonds is 2. The number of nitrogens with zero attached hydrogens (tertiary/aromatic N) is 5. The van der Waals surface area contributed by atoms with Crippen molar-refractivity contribution in [3.05, 3.63) is 39.3 Å². The molecule has 0 unspecified atom stereocenters. The Labute approximate surface area is 125 Å². The van der Waals surface area contributed by atoms with Gasteiger partial charge in [0.25, 0.3) is 5.56 Å². The zero-order chi connectivity index (χ0) is 14.6. The molecule has 0 aromatic carbocycles.